The van der Waals surface area contributed by atoms with Gasteiger partial charge < -0.3 is 9.64 Å². The fourth-order valence-corrected chi connectivity index (χ4v) is 5.51. The third kappa shape index (κ3) is 3.65. The number of imide groups is 1. The second kappa shape index (κ2) is 9.23. The van der Waals surface area contributed by atoms with Gasteiger partial charge in [0, 0.05) is 5.69 Å². The molecule has 184 valence electrons. The number of anilines is 1. The number of hydrogen-bond acceptors (Lipinski definition) is 4. The van der Waals surface area contributed by atoms with E-state index in [4.69, 9.17) is 51.1 Å². The number of carbonyl (C=O) groups is 3. The van der Waals surface area contributed by atoms with Crippen molar-refractivity contribution in [2.75, 3.05) is 11.5 Å². The Hall–Kier alpha value is -2.84. The average Bonchev–Trinajstić information content (AvgIpc) is 3.12. The Morgan fingerprint density at radius 3 is 1.78 bits per heavy atom. The van der Waals surface area contributed by atoms with Gasteiger partial charge in [-0.25, -0.2) is 4.39 Å². The summed E-state index contributed by atoms with van der Waals surface area (Å²) in [6, 6.07) is 10.2. The van der Waals surface area contributed by atoms with E-state index in [0.29, 0.717) is 23.6 Å². The molecule has 0 aliphatic carbocycles. The van der Waals surface area contributed by atoms with Crippen LogP contribution in [0, 0.1) is 5.82 Å². The summed E-state index contributed by atoms with van der Waals surface area (Å²) in [5, 5.41) is -0.773. The zero-order valence-electron chi connectivity index (χ0n) is 18.4. The molecule has 5 rings (SSSR count). The Morgan fingerprint density at radius 1 is 0.750 bits per heavy atom. The van der Waals surface area contributed by atoms with Gasteiger partial charge in [-0.15, -0.1) is 0 Å². The molecule has 0 spiro atoms. The predicted octanol–water partition coefficient (Wildman–Crippen LogP) is 6.59. The second-order valence-corrected chi connectivity index (χ2v) is 9.57. The largest absolute Gasteiger partial charge is 0.494 e. The van der Waals surface area contributed by atoms with Gasteiger partial charge in [0.05, 0.1) is 43.9 Å². The summed E-state index contributed by atoms with van der Waals surface area (Å²) >= 11 is 24.8. The lowest BCUT2D eigenvalue weighted by Crippen LogP contribution is -2.67. The van der Waals surface area contributed by atoms with Crippen molar-refractivity contribution >= 4 is 69.8 Å². The van der Waals surface area contributed by atoms with E-state index in [-0.39, 0.29) is 31.2 Å². The standard InChI is InChI=1S/C25H15Cl4FN2O4/c1-2-36-14-9-3-11(4-10-14)21-22(25(35)31(21)13-7-5-12(30)6-8-13)32-23(33)15-16(24(32)34)18(27)20(29)19(28)17(15)26/h3-10,21-22H,2H2,1H3/t21-,22-/m0/s1. The summed E-state index contributed by atoms with van der Waals surface area (Å²) in [5.41, 5.74) is 0.603. The Balaban J connectivity index is 1.60. The van der Waals surface area contributed by atoms with Crippen molar-refractivity contribution in [3.63, 3.8) is 0 Å². The zero-order chi connectivity index (χ0) is 25.9. The van der Waals surface area contributed by atoms with E-state index < -0.39 is 35.6 Å². The number of rotatable bonds is 5. The van der Waals surface area contributed by atoms with Crippen molar-refractivity contribution in [3.05, 3.63) is 91.1 Å². The summed E-state index contributed by atoms with van der Waals surface area (Å²) in [6.45, 7) is 2.31. The molecule has 3 amide bonds. The maximum Gasteiger partial charge on any atom is 0.264 e. The first kappa shape index (κ1) is 24.8. The third-order valence-electron chi connectivity index (χ3n) is 6.12. The van der Waals surface area contributed by atoms with Gasteiger partial charge in [0.15, 0.2) is 0 Å². The molecule has 1 fully saturated rings. The minimum absolute atomic E-state index is 0.166. The Bertz CT molecular complexity index is 1380. The van der Waals surface area contributed by atoms with Crippen LogP contribution in [0.3, 0.4) is 0 Å². The van der Waals surface area contributed by atoms with Crippen LogP contribution in [-0.4, -0.2) is 35.3 Å². The lowest BCUT2D eigenvalue weighted by molar-refractivity contribution is -0.130. The van der Waals surface area contributed by atoms with E-state index >= 15 is 0 Å². The van der Waals surface area contributed by atoms with Crippen LogP contribution in [0.2, 0.25) is 20.1 Å². The fraction of sp³-hybridized carbons (Fsp3) is 0.160. The van der Waals surface area contributed by atoms with Gasteiger partial charge >= 0.3 is 0 Å². The number of ether oxygens (including phenoxy) is 1. The molecule has 0 N–H and O–H groups in total. The van der Waals surface area contributed by atoms with E-state index in [0.717, 1.165) is 4.90 Å². The van der Waals surface area contributed by atoms with Gasteiger partial charge in [0.25, 0.3) is 17.7 Å². The maximum absolute atomic E-state index is 13.6. The monoisotopic (exact) mass is 566 g/mol. The smallest absolute Gasteiger partial charge is 0.264 e. The van der Waals surface area contributed by atoms with Crippen molar-refractivity contribution in [2.45, 2.75) is 19.0 Å². The third-order valence-corrected chi connectivity index (χ3v) is 7.92. The van der Waals surface area contributed by atoms with Gasteiger partial charge in [-0.3, -0.25) is 19.3 Å². The van der Waals surface area contributed by atoms with Gasteiger partial charge in [-0.1, -0.05) is 58.5 Å². The lowest BCUT2D eigenvalue weighted by atomic mass is 9.86. The van der Waals surface area contributed by atoms with Crippen LogP contribution in [0.4, 0.5) is 10.1 Å². The number of fused-ring (bicyclic) bond motifs is 1. The molecule has 1 saturated heterocycles. The van der Waals surface area contributed by atoms with Gasteiger partial charge in [0.2, 0.25) is 0 Å². The molecule has 36 heavy (non-hydrogen) atoms. The molecule has 0 aromatic heterocycles. The summed E-state index contributed by atoms with van der Waals surface area (Å²) < 4.78 is 19.1. The number of halogens is 5. The molecule has 0 bridgehead atoms. The van der Waals surface area contributed by atoms with Crippen LogP contribution in [0.25, 0.3) is 0 Å². The van der Waals surface area contributed by atoms with Crippen LogP contribution in [-0.2, 0) is 4.79 Å². The van der Waals surface area contributed by atoms with Crippen LogP contribution < -0.4 is 9.64 Å². The first-order chi connectivity index (χ1) is 17.2. The summed E-state index contributed by atoms with van der Waals surface area (Å²) in [4.78, 5) is 42.6. The molecule has 2 atom stereocenters. The highest BCUT2D eigenvalue weighted by atomic mass is 35.5. The molecule has 3 aromatic carbocycles. The first-order valence-electron chi connectivity index (χ1n) is 10.7. The van der Waals surface area contributed by atoms with E-state index in [1.165, 1.54) is 29.2 Å². The second-order valence-electron chi connectivity index (χ2n) is 8.06. The normalized spacial score (nSPS) is 19.0. The van der Waals surface area contributed by atoms with E-state index in [2.05, 4.69) is 0 Å². The first-order valence-corrected chi connectivity index (χ1v) is 12.2. The highest BCUT2D eigenvalue weighted by molar-refractivity contribution is 6.55. The molecule has 0 radical (unpaired) electrons. The molecule has 2 aliphatic rings. The lowest BCUT2D eigenvalue weighted by Gasteiger charge is -2.49. The summed E-state index contributed by atoms with van der Waals surface area (Å²) in [7, 11) is 0. The number of amides is 3. The number of benzene rings is 3. The number of β-lactam (4-membered cyclic amide) rings is 1. The molecule has 2 heterocycles. The molecule has 0 saturated carbocycles. The van der Waals surface area contributed by atoms with Crippen LogP contribution in [0.5, 0.6) is 5.75 Å². The van der Waals surface area contributed by atoms with E-state index in [1.807, 2.05) is 6.92 Å². The molecule has 2 aliphatic heterocycles. The Kier molecular flexibility index (Phi) is 6.37. The summed E-state index contributed by atoms with van der Waals surface area (Å²) in [5.74, 6) is -2.03. The highest BCUT2D eigenvalue weighted by Crippen LogP contribution is 2.49. The van der Waals surface area contributed by atoms with E-state index in [9.17, 15) is 18.8 Å². The Morgan fingerprint density at radius 2 is 1.28 bits per heavy atom. The predicted molar refractivity (Wildman–Crippen MR) is 135 cm³/mol. The van der Waals surface area contributed by atoms with Crippen molar-refractivity contribution in [3.8, 4) is 5.75 Å². The van der Waals surface area contributed by atoms with Gasteiger partial charge in [-0.05, 0) is 48.9 Å². The molecular weight excluding hydrogens is 553 g/mol. The highest BCUT2D eigenvalue weighted by Gasteiger charge is 2.58. The minimum atomic E-state index is -1.22. The average molecular weight is 568 g/mol. The van der Waals surface area contributed by atoms with Crippen LogP contribution in [0.1, 0.15) is 39.2 Å². The molecule has 6 nitrogen and oxygen atoms in total. The molecule has 11 heteroatoms. The molecular formula is C25H15Cl4FN2O4. The van der Waals surface area contributed by atoms with E-state index in [1.54, 1.807) is 24.3 Å². The van der Waals surface area contributed by atoms with Crippen molar-refractivity contribution in [2.24, 2.45) is 0 Å². The molecule has 3 aromatic rings. The minimum Gasteiger partial charge on any atom is -0.494 e. The van der Waals surface area contributed by atoms with Gasteiger partial charge in [-0.2, -0.15) is 0 Å². The van der Waals surface area contributed by atoms with Crippen molar-refractivity contribution < 1.29 is 23.5 Å². The zero-order valence-corrected chi connectivity index (χ0v) is 21.4. The van der Waals surface area contributed by atoms with Crippen LogP contribution >= 0.6 is 46.4 Å². The number of nitrogens with zero attached hydrogens (tertiary/aromatic N) is 2. The van der Waals surface area contributed by atoms with Crippen LogP contribution in [0.15, 0.2) is 48.5 Å². The van der Waals surface area contributed by atoms with Crippen molar-refractivity contribution in [1.82, 2.24) is 4.90 Å². The maximum atomic E-state index is 13.6. The van der Waals surface area contributed by atoms with Crippen molar-refractivity contribution in [1.29, 1.82) is 0 Å². The quantitative estimate of drug-likeness (QED) is 0.151. The topological polar surface area (TPSA) is 66.9 Å². The van der Waals surface area contributed by atoms with Gasteiger partial charge in [0.1, 0.15) is 17.6 Å². The number of carbonyl (C=O) groups excluding carboxylic acids is 3. The fourth-order valence-electron chi connectivity index (χ4n) is 4.49. The molecule has 0 unspecified atom stereocenters. The SMILES string of the molecule is CCOc1ccc([C@H]2[C@H](N3C(=O)c4c(Cl)c(Cl)c(Cl)c(Cl)c4C3=O)C(=O)N2c2ccc(F)cc2)cc1. The number of hydrogen-bond donors (Lipinski definition) is 0. The Labute approximate surface area is 225 Å². The summed E-state index contributed by atoms with van der Waals surface area (Å²) in [6.07, 6.45) is 0.